The maximum atomic E-state index is 13.5. The minimum atomic E-state index is -0.597. The van der Waals surface area contributed by atoms with Gasteiger partial charge in [0.15, 0.2) is 0 Å². The highest BCUT2D eigenvalue weighted by Gasteiger charge is 2.18. The third kappa shape index (κ3) is 5.04. The number of para-hydroxylation sites is 1. The minimum Gasteiger partial charge on any atom is -0.457 e. The normalized spacial score (nSPS) is 11.6. The molecule has 34 heavy (non-hydrogen) atoms. The molecule has 3 aromatic carbocycles. The second-order valence-electron chi connectivity index (χ2n) is 8.94. The lowest BCUT2D eigenvalue weighted by Crippen LogP contribution is -2.22. The first kappa shape index (κ1) is 22.9. The highest BCUT2D eigenvalue weighted by Crippen LogP contribution is 2.30. The van der Waals surface area contributed by atoms with E-state index in [1.807, 2.05) is 81.4 Å². The molecular weight excluding hydrogens is 424 g/mol. The summed E-state index contributed by atoms with van der Waals surface area (Å²) in [6.07, 6.45) is 4.63. The second kappa shape index (κ2) is 9.32. The van der Waals surface area contributed by atoms with Crippen LogP contribution in [0.2, 0.25) is 0 Å². The molecule has 1 amide bonds. The number of pyridine rings is 1. The Morgan fingerprint density at radius 1 is 0.912 bits per heavy atom. The molecule has 1 aromatic heterocycles. The number of allylic oxidation sites excluding steroid dienone is 2. The number of ether oxygens (including phenoxy) is 1. The van der Waals surface area contributed by atoms with Gasteiger partial charge in [-0.15, -0.1) is 0 Å². The summed E-state index contributed by atoms with van der Waals surface area (Å²) < 4.78 is 5.36. The molecule has 0 unspecified atom stereocenters. The number of anilines is 1. The Kier molecular flexibility index (Phi) is 6.28. The number of aromatic nitrogens is 1. The van der Waals surface area contributed by atoms with Gasteiger partial charge in [0.25, 0.3) is 5.91 Å². The van der Waals surface area contributed by atoms with Crippen LogP contribution >= 0.6 is 0 Å². The molecule has 1 heterocycles. The molecule has 0 aliphatic rings. The average Bonchev–Trinajstić information content (AvgIpc) is 2.81. The topological polar surface area (TPSA) is 68.3 Å². The van der Waals surface area contributed by atoms with Crippen LogP contribution in [0.5, 0.6) is 0 Å². The summed E-state index contributed by atoms with van der Waals surface area (Å²) >= 11 is 0. The van der Waals surface area contributed by atoms with Crippen molar-refractivity contribution in [1.82, 2.24) is 4.98 Å². The molecule has 0 fully saturated rings. The van der Waals surface area contributed by atoms with Crippen LogP contribution < -0.4 is 5.32 Å². The molecule has 0 radical (unpaired) electrons. The second-order valence-corrected chi connectivity index (χ2v) is 8.94. The number of fused-ring (bicyclic) bond motifs is 2. The highest BCUT2D eigenvalue weighted by molar-refractivity contribution is 6.14. The van der Waals surface area contributed by atoms with E-state index in [1.54, 1.807) is 18.3 Å². The Labute approximate surface area is 198 Å². The van der Waals surface area contributed by atoms with Crippen molar-refractivity contribution in [3.63, 3.8) is 0 Å². The maximum absolute atomic E-state index is 13.5. The molecule has 5 heteroatoms. The summed E-state index contributed by atoms with van der Waals surface area (Å²) in [4.78, 5) is 30.1. The number of benzene rings is 3. The molecular formula is C29H26N2O3. The molecule has 0 aliphatic carbocycles. The number of amides is 1. The van der Waals surface area contributed by atoms with Gasteiger partial charge in [-0.2, -0.15) is 0 Å². The molecule has 0 atom stereocenters. The molecule has 0 aliphatic heterocycles. The molecule has 0 saturated heterocycles. The zero-order chi connectivity index (χ0) is 24.3. The first-order chi connectivity index (χ1) is 16.2. The van der Waals surface area contributed by atoms with Crippen LogP contribution in [0.25, 0.3) is 27.2 Å². The summed E-state index contributed by atoms with van der Waals surface area (Å²) in [5.74, 6) is -0.757. The lowest BCUT2D eigenvalue weighted by atomic mass is 9.93. The first-order valence-electron chi connectivity index (χ1n) is 11.0. The van der Waals surface area contributed by atoms with Gasteiger partial charge in [-0.3, -0.25) is 9.78 Å². The molecule has 0 spiro atoms. The summed E-state index contributed by atoms with van der Waals surface area (Å²) in [5, 5.41) is 5.76. The van der Waals surface area contributed by atoms with Crippen molar-refractivity contribution in [1.29, 1.82) is 0 Å². The van der Waals surface area contributed by atoms with Crippen molar-refractivity contribution in [3.8, 4) is 0 Å². The van der Waals surface area contributed by atoms with Gasteiger partial charge in [-0.1, -0.05) is 55.1 Å². The lowest BCUT2D eigenvalue weighted by Gasteiger charge is -2.18. The molecule has 4 aromatic rings. The number of hydrogen-bond acceptors (Lipinski definition) is 4. The van der Waals surface area contributed by atoms with Crippen molar-refractivity contribution in [2.24, 2.45) is 0 Å². The van der Waals surface area contributed by atoms with Crippen LogP contribution in [0.1, 0.15) is 36.7 Å². The van der Waals surface area contributed by atoms with E-state index in [2.05, 4.69) is 16.9 Å². The number of rotatable bonds is 5. The highest BCUT2D eigenvalue weighted by atomic mass is 16.6. The van der Waals surface area contributed by atoms with Gasteiger partial charge in [-0.25, -0.2) is 4.79 Å². The molecule has 170 valence electrons. The summed E-state index contributed by atoms with van der Waals surface area (Å²) in [6.45, 7) is 9.58. The van der Waals surface area contributed by atoms with Gasteiger partial charge in [0.05, 0.1) is 11.2 Å². The molecule has 0 bridgehead atoms. The number of esters is 1. The summed E-state index contributed by atoms with van der Waals surface area (Å²) in [5.41, 5.74) is 2.37. The molecule has 0 saturated carbocycles. The fourth-order valence-electron chi connectivity index (χ4n) is 3.79. The number of carbonyl (C=O) groups is 2. The molecule has 1 N–H and O–H groups in total. The van der Waals surface area contributed by atoms with Gasteiger partial charge in [-0.05, 0) is 61.4 Å². The van der Waals surface area contributed by atoms with Crippen molar-refractivity contribution in [2.75, 3.05) is 5.32 Å². The van der Waals surface area contributed by atoms with E-state index in [9.17, 15) is 9.59 Å². The van der Waals surface area contributed by atoms with E-state index in [-0.39, 0.29) is 5.91 Å². The van der Waals surface area contributed by atoms with Crippen LogP contribution in [-0.2, 0) is 9.53 Å². The third-order valence-electron chi connectivity index (χ3n) is 5.20. The Bertz CT molecular complexity index is 1440. The monoisotopic (exact) mass is 450 g/mol. The van der Waals surface area contributed by atoms with Crippen LogP contribution in [0.15, 0.2) is 91.7 Å². The number of hydrogen-bond donors (Lipinski definition) is 1. The summed E-state index contributed by atoms with van der Waals surface area (Å²) in [7, 11) is 0. The Morgan fingerprint density at radius 3 is 2.44 bits per heavy atom. The van der Waals surface area contributed by atoms with E-state index < -0.39 is 11.6 Å². The van der Waals surface area contributed by atoms with Crippen LogP contribution in [-0.4, -0.2) is 22.5 Å². The quantitative estimate of drug-likeness (QED) is 0.213. The zero-order valence-electron chi connectivity index (χ0n) is 19.5. The Balaban J connectivity index is 1.73. The van der Waals surface area contributed by atoms with Crippen molar-refractivity contribution in [2.45, 2.75) is 26.4 Å². The number of carbonyl (C=O) groups excluding carboxylic acids is 2. The van der Waals surface area contributed by atoms with E-state index in [4.69, 9.17) is 4.74 Å². The van der Waals surface area contributed by atoms with E-state index in [0.717, 1.165) is 16.2 Å². The van der Waals surface area contributed by atoms with Crippen LogP contribution in [0.4, 0.5) is 5.69 Å². The SMILES string of the molecule is C=C(/C=C/C(=O)OC(C)(C)C)c1c(C(=O)Nc2cccc3cccnc23)ccc2ccccc12. The fraction of sp³-hybridized carbons (Fsp3) is 0.138. The zero-order valence-corrected chi connectivity index (χ0v) is 19.5. The lowest BCUT2D eigenvalue weighted by molar-refractivity contribution is -0.148. The Morgan fingerprint density at radius 2 is 1.65 bits per heavy atom. The smallest absolute Gasteiger partial charge is 0.331 e. The van der Waals surface area contributed by atoms with Gasteiger partial charge in [0.2, 0.25) is 0 Å². The first-order valence-corrected chi connectivity index (χ1v) is 11.0. The van der Waals surface area contributed by atoms with Crippen LogP contribution in [0.3, 0.4) is 0 Å². The number of nitrogens with one attached hydrogen (secondary N) is 1. The van der Waals surface area contributed by atoms with E-state index in [1.165, 1.54) is 6.08 Å². The predicted molar refractivity (Wildman–Crippen MR) is 138 cm³/mol. The standard InChI is InChI=1S/C29H26N2O3/c1-19(14-17-25(32)34-29(2,3)4)26-22-12-6-5-9-20(22)15-16-23(26)28(33)31-24-13-7-10-21-11-8-18-30-27(21)24/h5-18H,1H2,2-4H3,(H,31,33)/b17-14+. The predicted octanol–water partition coefficient (Wildman–Crippen LogP) is 6.55. The third-order valence-corrected chi connectivity index (χ3v) is 5.20. The van der Waals surface area contributed by atoms with Gasteiger partial charge in [0.1, 0.15) is 5.60 Å². The van der Waals surface area contributed by atoms with Crippen molar-refractivity contribution < 1.29 is 14.3 Å². The van der Waals surface area contributed by atoms with Gasteiger partial charge < -0.3 is 10.1 Å². The van der Waals surface area contributed by atoms with Crippen LogP contribution in [0, 0.1) is 0 Å². The average molecular weight is 451 g/mol. The fourth-order valence-corrected chi connectivity index (χ4v) is 3.79. The minimum absolute atomic E-state index is 0.286. The molecule has 4 rings (SSSR count). The van der Waals surface area contributed by atoms with E-state index >= 15 is 0 Å². The van der Waals surface area contributed by atoms with E-state index in [0.29, 0.717) is 27.9 Å². The number of nitrogens with zero attached hydrogens (tertiary/aromatic N) is 1. The van der Waals surface area contributed by atoms with Gasteiger partial charge in [0, 0.05) is 28.8 Å². The Hall–Kier alpha value is -4.25. The molecule has 5 nitrogen and oxygen atoms in total. The van der Waals surface area contributed by atoms with Crippen molar-refractivity contribution in [3.05, 3.63) is 103 Å². The largest absolute Gasteiger partial charge is 0.457 e. The van der Waals surface area contributed by atoms with Gasteiger partial charge >= 0.3 is 5.97 Å². The van der Waals surface area contributed by atoms with Crippen molar-refractivity contribution >= 4 is 44.8 Å². The maximum Gasteiger partial charge on any atom is 0.331 e. The summed E-state index contributed by atoms with van der Waals surface area (Å²) in [6, 6.07) is 20.9.